The molecule has 3 aromatic rings. The van der Waals surface area contributed by atoms with Gasteiger partial charge in [-0.3, -0.25) is 9.78 Å². The van der Waals surface area contributed by atoms with Gasteiger partial charge in [0, 0.05) is 29.3 Å². The SMILES string of the molecule is COc1cc(C2(NC(=O)c3cc(OC([Si])[C@@H]4CCN4C)c(N)cc3C)CC2)c2cccnc2c1. The van der Waals surface area contributed by atoms with Crippen molar-refractivity contribution in [2.45, 2.75) is 43.5 Å². The number of nitrogen functional groups attached to an aromatic ring is 1. The fraction of sp³-hybridized carbons (Fsp3) is 0.385. The van der Waals surface area contributed by atoms with E-state index in [9.17, 15) is 4.79 Å². The number of nitrogens with two attached hydrogens (primary N) is 1. The van der Waals surface area contributed by atoms with E-state index in [0.717, 1.165) is 53.6 Å². The van der Waals surface area contributed by atoms with Gasteiger partial charge in [0.2, 0.25) is 0 Å². The van der Waals surface area contributed by atoms with Gasteiger partial charge in [0.15, 0.2) is 0 Å². The lowest BCUT2D eigenvalue weighted by atomic mass is 9.97. The summed E-state index contributed by atoms with van der Waals surface area (Å²) in [7, 11) is 7.40. The number of pyridine rings is 1. The second-order valence-corrected chi connectivity index (χ2v) is 9.93. The third kappa shape index (κ3) is 4.01. The first kappa shape index (κ1) is 22.7. The molecule has 0 bridgehead atoms. The average Bonchev–Trinajstić information content (AvgIpc) is 3.59. The van der Waals surface area contributed by atoms with E-state index in [4.69, 9.17) is 15.2 Å². The number of nitrogens with zero attached hydrogens (tertiary/aromatic N) is 2. The second-order valence-electron chi connectivity index (χ2n) is 9.36. The Labute approximate surface area is 203 Å². The van der Waals surface area contributed by atoms with Crippen molar-refractivity contribution in [3.63, 3.8) is 0 Å². The molecule has 8 heteroatoms. The number of carbonyl (C=O) groups excluding carboxylic acids is 1. The molecule has 1 saturated heterocycles. The van der Waals surface area contributed by atoms with E-state index in [1.807, 2.05) is 31.2 Å². The highest BCUT2D eigenvalue weighted by molar-refractivity contribution is 6.12. The quantitative estimate of drug-likeness (QED) is 0.405. The second kappa shape index (κ2) is 8.59. The number of methoxy groups -OCH3 is 1. The number of aryl methyl sites for hydroxylation is 1. The molecule has 2 fully saturated rings. The Morgan fingerprint density at radius 3 is 2.76 bits per heavy atom. The van der Waals surface area contributed by atoms with Gasteiger partial charge in [0.1, 0.15) is 11.5 Å². The molecular weight excluding hydrogens is 444 g/mol. The van der Waals surface area contributed by atoms with E-state index in [2.05, 4.69) is 32.5 Å². The molecule has 2 heterocycles. The lowest BCUT2D eigenvalue weighted by molar-refractivity contribution is 0.0566. The fourth-order valence-corrected chi connectivity index (χ4v) is 5.28. The van der Waals surface area contributed by atoms with E-state index in [0.29, 0.717) is 17.0 Å². The molecule has 2 aliphatic rings. The van der Waals surface area contributed by atoms with Crippen LogP contribution in [0.5, 0.6) is 11.5 Å². The molecule has 1 saturated carbocycles. The van der Waals surface area contributed by atoms with Crippen LogP contribution in [-0.2, 0) is 5.54 Å². The summed E-state index contributed by atoms with van der Waals surface area (Å²) in [5, 5.41) is 4.32. The zero-order valence-corrected chi connectivity index (χ0v) is 20.7. The number of amides is 1. The van der Waals surface area contributed by atoms with Gasteiger partial charge in [-0.1, -0.05) is 6.07 Å². The van der Waals surface area contributed by atoms with Gasteiger partial charge >= 0.3 is 0 Å². The summed E-state index contributed by atoms with van der Waals surface area (Å²) < 4.78 is 11.6. The molecule has 0 spiro atoms. The highest BCUT2D eigenvalue weighted by Crippen LogP contribution is 2.49. The summed E-state index contributed by atoms with van der Waals surface area (Å²) in [6.07, 6.45) is 4.52. The van der Waals surface area contributed by atoms with Crippen LogP contribution in [0.2, 0.25) is 0 Å². The van der Waals surface area contributed by atoms with Crippen LogP contribution in [0.15, 0.2) is 42.6 Å². The number of rotatable bonds is 7. The maximum absolute atomic E-state index is 13.5. The molecule has 1 aliphatic heterocycles. The van der Waals surface area contributed by atoms with E-state index in [1.54, 1.807) is 25.4 Å². The number of fused-ring (bicyclic) bond motifs is 1. The number of likely N-dealkylation sites (tertiary alicyclic amines) is 1. The van der Waals surface area contributed by atoms with E-state index < -0.39 is 5.54 Å². The standard InChI is InChI=1S/C26H29N4O3Si/c1-15-11-20(27)23(33-25(34)22-6-10-30(22)2)14-18(15)24(31)29-26(7-8-26)19-12-16(32-3)13-21-17(19)5-4-9-28-21/h4-5,9,11-14,22,25H,6-8,10,27H2,1-3H3,(H,29,31)/t22-,25?/m0/s1. The average molecular weight is 474 g/mol. The molecule has 1 unspecified atom stereocenters. The zero-order valence-electron chi connectivity index (χ0n) is 19.7. The summed E-state index contributed by atoms with van der Waals surface area (Å²) >= 11 is 0. The fourth-order valence-electron chi connectivity index (χ4n) is 4.73. The van der Waals surface area contributed by atoms with Gasteiger partial charge in [-0.2, -0.15) is 0 Å². The summed E-state index contributed by atoms with van der Waals surface area (Å²) in [4.78, 5) is 20.2. The zero-order chi connectivity index (χ0) is 24.0. The molecule has 5 rings (SSSR count). The Kier molecular flexibility index (Phi) is 5.73. The minimum Gasteiger partial charge on any atom is -0.497 e. The number of benzene rings is 2. The minimum atomic E-state index is -0.450. The number of likely N-dealkylation sites (N-methyl/N-ethyl adjacent to an activating group) is 1. The smallest absolute Gasteiger partial charge is 0.252 e. The first-order valence-corrected chi connectivity index (χ1v) is 12.1. The Morgan fingerprint density at radius 2 is 2.12 bits per heavy atom. The number of hydrogen-bond acceptors (Lipinski definition) is 6. The maximum atomic E-state index is 13.5. The predicted molar refractivity (Wildman–Crippen MR) is 133 cm³/mol. The normalized spacial score (nSPS) is 19.8. The number of hydrogen-bond donors (Lipinski definition) is 2. The van der Waals surface area contributed by atoms with Gasteiger partial charge in [-0.15, -0.1) is 0 Å². The highest BCUT2D eigenvalue weighted by Gasteiger charge is 2.47. The molecule has 175 valence electrons. The molecule has 34 heavy (non-hydrogen) atoms. The third-order valence-corrected chi connectivity index (χ3v) is 7.60. The van der Waals surface area contributed by atoms with Crippen LogP contribution in [0.25, 0.3) is 10.9 Å². The lowest BCUT2D eigenvalue weighted by Gasteiger charge is -2.41. The van der Waals surface area contributed by atoms with Gasteiger partial charge in [0.05, 0.1) is 39.8 Å². The number of anilines is 1. The van der Waals surface area contributed by atoms with Crippen LogP contribution in [0, 0.1) is 6.92 Å². The monoisotopic (exact) mass is 473 g/mol. The van der Waals surface area contributed by atoms with Gasteiger partial charge in [-0.25, -0.2) is 0 Å². The highest BCUT2D eigenvalue weighted by atomic mass is 28.1. The van der Waals surface area contributed by atoms with Crippen molar-refractivity contribution in [3.05, 3.63) is 59.3 Å². The number of ether oxygens (including phenoxy) is 2. The predicted octanol–water partition coefficient (Wildman–Crippen LogP) is 3.13. The molecule has 1 aliphatic carbocycles. The van der Waals surface area contributed by atoms with E-state index in [-0.39, 0.29) is 17.7 Å². The number of carbonyl (C=O) groups is 1. The van der Waals surface area contributed by atoms with Crippen molar-refractivity contribution in [3.8, 4) is 11.5 Å². The van der Waals surface area contributed by atoms with Crippen molar-refractivity contribution in [1.29, 1.82) is 0 Å². The Balaban J connectivity index is 1.43. The van der Waals surface area contributed by atoms with E-state index >= 15 is 0 Å². The van der Waals surface area contributed by atoms with Crippen LogP contribution < -0.4 is 20.5 Å². The Morgan fingerprint density at radius 1 is 1.32 bits per heavy atom. The molecule has 1 amide bonds. The number of aromatic nitrogens is 1. The topological polar surface area (TPSA) is 89.7 Å². The Hall–Kier alpha value is -3.10. The van der Waals surface area contributed by atoms with Gasteiger partial charge < -0.3 is 25.4 Å². The minimum absolute atomic E-state index is 0.147. The van der Waals surface area contributed by atoms with Crippen molar-refractivity contribution in [2.75, 3.05) is 26.4 Å². The van der Waals surface area contributed by atoms with Crippen molar-refractivity contribution in [1.82, 2.24) is 15.2 Å². The molecule has 2 aromatic carbocycles. The molecule has 3 N–H and O–H groups in total. The van der Waals surface area contributed by atoms with Crippen molar-refractivity contribution < 1.29 is 14.3 Å². The molecule has 2 atom stereocenters. The molecule has 1 aromatic heterocycles. The molecule has 7 nitrogen and oxygen atoms in total. The van der Waals surface area contributed by atoms with E-state index in [1.165, 1.54) is 0 Å². The summed E-state index contributed by atoms with van der Waals surface area (Å²) in [6.45, 7) is 2.94. The van der Waals surface area contributed by atoms with Crippen molar-refractivity contribution in [2.24, 2.45) is 0 Å². The first-order valence-electron chi connectivity index (χ1n) is 11.6. The van der Waals surface area contributed by atoms with Crippen LogP contribution in [0.3, 0.4) is 0 Å². The first-order chi connectivity index (χ1) is 16.3. The van der Waals surface area contributed by atoms with Crippen LogP contribution >= 0.6 is 0 Å². The maximum Gasteiger partial charge on any atom is 0.252 e. The van der Waals surface area contributed by atoms with Crippen LogP contribution in [0.4, 0.5) is 5.69 Å². The number of nitrogens with one attached hydrogen (secondary N) is 1. The summed E-state index contributed by atoms with van der Waals surface area (Å²) in [6, 6.07) is 11.7. The van der Waals surface area contributed by atoms with Gasteiger partial charge in [0.25, 0.3) is 5.91 Å². The summed E-state index contributed by atoms with van der Waals surface area (Å²) in [5.41, 5.74) is 9.35. The third-order valence-electron chi connectivity index (χ3n) is 7.10. The van der Waals surface area contributed by atoms with Crippen molar-refractivity contribution >= 4 is 32.7 Å². The van der Waals surface area contributed by atoms with Gasteiger partial charge in [-0.05, 0) is 75.2 Å². The summed E-state index contributed by atoms with van der Waals surface area (Å²) in [5.74, 6) is 1.09. The van der Waals surface area contributed by atoms with Crippen LogP contribution in [-0.4, -0.2) is 58.5 Å². The lowest BCUT2D eigenvalue weighted by Crippen LogP contribution is -2.54. The largest absolute Gasteiger partial charge is 0.497 e. The molecule has 3 radical (unpaired) electrons. The van der Waals surface area contributed by atoms with Crippen LogP contribution in [0.1, 0.15) is 40.7 Å². The molecular formula is C26H29N4O3Si. The Bertz CT molecular complexity index is 1260.